The van der Waals surface area contributed by atoms with Gasteiger partial charge in [0.05, 0.1) is 10.8 Å². The number of carbonyl (C=O) groups is 1. The van der Waals surface area contributed by atoms with Gasteiger partial charge in [0.15, 0.2) is 6.61 Å². The largest absolute Gasteiger partial charge is 0.484 e. The van der Waals surface area contributed by atoms with Gasteiger partial charge in [-0.2, -0.15) is 5.10 Å². The molecular formula is C21H21N3O2S2. The van der Waals surface area contributed by atoms with Crippen LogP contribution < -0.4 is 10.2 Å². The highest BCUT2D eigenvalue weighted by atomic mass is 32.2. The second-order valence-corrected chi connectivity index (χ2v) is 9.16. The number of para-hydroxylation sites is 1. The normalized spacial score (nSPS) is 14.8. The molecule has 0 spiro atoms. The van der Waals surface area contributed by atoms with Gasteiger partial charge in [-0.15, -0.1) is 23.5 Å². The first kappa shape index (κ1) is 19.0. The smallest absolute Gasteiger partial charge is 0.277 e. The summed E-state index contributed by atoms with van der Waals surface area (Å²) in [6.07, 6.45) is 1.66. The molecule has 0 saturated carbocycles. The zero-order valence-corrected chi connectivity index (χ0v) is 17.1. The van der Waals surface area contributed by atoms with E-state index < -0.39 is 0 Å². The second-order valence-electron chi connectivity index (χ2n) is 6.43. The lowest BCUT2D eigenvalue weighted by atomic mass is 10.1. The van der Waals surface area contributed by atoms with Crippen LogP contribution in [0.15, 0.2) is 53.6 Å². The molecule has 2 heterocycles. The van der Waals surface area contributed by atoms with Crippen molar-refractivity contribution in [3.8, 4) is 5.75 Å². The number of benzene rings is 2. The first-order valence-corrected chi connectivity index (χ1v) is 11.2. The van der Waals surface area contributed by atoms with Gasteiger partial charge in [0.1, 0.15) is 5.75 Å². The molecule has 1 saturated heterocycles. The summed E-state index contributed by atoms with van der Waals surface area (Å²) in [5.74, 6) is 2.79. The lowest BCUT2D eigenvalue weighted by Gasteiger charge is -2.10. The van der Waals surface area contributed by atoms with Crippen molar-refractivity contribution in [2.75, 3.05) is 18.1 Å². The Labute approximate surface area is 172 Å². The number of carbonyl (C=O) groups excluding carboxylic acids is 1. The number of hydrazone groups is 1. The summed E-state index contributed by atoms with van der Waals surface area (Å²) >= 11 is 3.94. The Morgan fingerprint density at radius 2 is 1.96 bits per heavy atom. The Hall–Kier alpha value is -2.38. The van der Waals surface area contributed by atoms with E-state index in [-0.39, 0.29) is 12.5 Å². The molecule has 4 rings (SSSR count). The van der Waals surface area contributed by atoms with Crippen molar-refractivity contribution in [3.63, 3.8) is 0 Å². The van der Waals surface area contributed by atoms with E-state index >= 15 is 0 Å². The number of nitrogens with one attached hydrogen (secondary N) is 2. The van der Waals surface area contributed by atoms with Crippen LogP contribution >= 0.6 is 23.5 Å². The standard InChI is InChI=1S/C21H21N3O2S2/c1-14-18(17-4-2-3-5-19(17)23-14)12-22-24-20(25)13-26-16-8-6-15(7-9-16)21-27-10-11-28-21/h2-9,12,21,23H,10-11,13H2,1H3,(H,24,25)/b22-12-. The fraction of sp³-hybridized carbons (Fsp3) is 0.238. The van der Waals surface area contributed by atoms with Crippen molar-refractivity contribution >= 4 is 46.5 Å². The van der Waals surface area contributed by atoms with Crippen LogP contribution in [0, 0.1) is 6.92 Å². The van der Waals surface area contributed by atoms with Crippen molar-refractivity contribution < 1.29 is 9.53 Å². The van der Waals surface area contributed by atoms with E-state index in [0.717, 1.165) is 22.2 Å². The van der Waals surface area contributed by atoms with Crippen LogP contribution in [0.1, 0.15) is 21.4 Å². The molecule has 1 aliphatic rings. The third-order valence-electron chi connectivity index (χ3n) is 4.47. The molecule has 3 aromatic rings. The molecule has 1 amide bonds. The van der Waals surface area contributed by atoms with Crippen LogP contribution in [-0.2, 0) is 4.79 Å². The average molecular weight is 412 g/mol. The highest BCUT2D eigenvalue weighted by molar-refractivity contribution is 8.19. The number of hydrogen-bond donors (Lipinski definition) is 2. The molecule has 1 fully saturated rings. The molecule has 0 unspecified atom stereocenters. The Bertz CT molecular complexity index is 993. The Balaban J connectivity index is 1.29. The number of rotatable bonds is 6. The third kappa shape index (κ3) is 4.36. The molecule has 0 bridgehead atoms. The summed E-state index contributed by atoms with van der Waals surface area (Å²) in [4.78, 5) is 15.3. The maximum atomic E-state index is 12.0. The summed E-state index contributed by atoms with van der Waals surface area (Å²) in [7, 11) is 0. The molecule has 28 heavy (non-hydrogen) atoms. The molecular weight excluding hydrogens is 390 g/mol. The van der Waals surface area contributed by atoms with Gasteiger partial charge in [0.25, 0.3) is 5.91 Å². The zero-order valence-electron chi connectivity index (χ0n) is 15.5. The Kier molecular flexibility index (Phi) is 5.92. The van der Waals surface area contributed by atoms with Crippen LogP contribution in [0.4, 0.5) is 0 Å². The number of nitrogens with zero attached hydrogens (tertiary/aromatic N) is 1. The average Bonchev–Trinajstić information content (AvgIpc) is 3.35. The second kappa shape index (κ2) is 8.75. The summed E-state index contributed by atoms with van der Waals surface area (Å²) in [6.45, 7) is 1.91. The molecule has 0 radical (unpaired) electrons. The van der Waals surface area contributed by atoms with Gasteiger partial charge in [-0.3, -0.25) is 4.79 Å². The van der Waals surface area contributed by atoms with E-state index in [0.29, 0.717) is 10.3 Å². The number of fused-ring (bicyclic) bond motifs is 1. The molecule has 0 aliphatic carbocycles. The van der Waals surface area contributed by atoms with Crippen LogP contribution in [0.5, 0.6) is 5.75 Å². The quantitative estimate of drug-likeness (QED) is 0.463. The lowest BCUT2D eigenvalue weighted by molar-refractivity contribution is -0.123. The summed E-state index contributed by atoms with van der Waals surface area (Å²) in [6, 6.07) is 16.0. The maximum absolute atomic E-state index is 12.0. The molecule has 144 valence electrons. The van der Waals surface area contributed by atoms with Crippen molar-refractivity contribution in [3.05, 3.63) is 65.4 Å². The van der Waals surface area contributed by atoms with Gasteiger partial charge in [-0.25, -0.2) is 5.43 Å². The van der Waals surface area contributed by atoms with Gasteiger partial charge >= 0.3 is 0 Å². The highest BCUT2D eigenvalue weighted by Crippen LogP contribution is 2.45. The van der Waals surface area contributed by atoms with Gasteiger partial charge in [0, 0.05) is 33.7 Å². The summed E-state index contributed by atoms with van der Waals surface area (Å²) in [5, 5.41) is 5.15. The molecule has 2 N–H and O–H groups in total. The number of aromatic amines is 1. The van der Waals surface area contributed by atoms with Crippen molar-refractivity contribution in [1.29, 1.82) is 0 Å². The Morgan fingerprint density at radius 1 is 1.21 bits per heavy atom. The minimum atomic E-state index is -0.292. The number of amides is 1. The summed E-state index contributed by atoms with van der Waals surface area (Å²) in [5.41, 5.74) is 6.84. The first-order valence-electron chi connectivity index (χ1n) is 9.06. The van der Waals surface area contributed by atoms with Crippen LogP contribution in [-0.4, -0.2) is 35.2 Å². The predicted molar refractivity (Wildman–Crippen MR) is 118 cm³/mol. The maximum Gasteiger partial charge on any atom is 0.277 e. The first-order chi connectivity index (χ1) is 13.7. The topological polar surface area (TPSA) is 66.5 Å². The minimum Gasteiger partial charge on any atom is -0.484 e. The van der Waals surface area contributed by atoms with Crippen LogP contribution in [0.25, 0.3) is 10.9 Å². The molecule has 5 nitrogen and oxygen atoms in total. The van der Waals surface area contributed by atoms with E-state index in [2.05, 4.69) is 27.6 Å². The van der Waals surface area contributed by atoms with E-state index in [1.807, 2.05) is 66.8 Å². The van der Waals surface area contributed by atoms with Crippen LogP contribution in [0.2, 0.25) is 0 Å². The van der Waals surface area contributed by atoms with Gasteiger partial charge < -0.3 is 9.72 Å². The Morgan fingerprint density at radius 3 is 2.75 bits per heavy atom. The lowest BCUT2D eigenvalue weighted by Crippen LogP contribution is -2.24. The third-order valence-corrected chi connectivity index (χ3v) is 7.57. The highest BCUT2D eigenvalue weighted by Gasteiger charge is 2.18. The number of aromatic nitrogens is 1. The molecule has 1 aromatic heterocycles. The number of hydrogen-bond acceptors (Lipinski definition) is 5. The molecule has 7 heteroatoms. The van der Waals surface area contributed by atoms with Gasteiger partial charge in [-0.05, 0) is 30.7 Å². The van der Waals surface area contributed by atoms with Crippen molar-refractivity contribution in [2.45, 2.75) is 11.5 Å². The fourth-order valence-electron chi connectivity index (χ4n) is 3.09. The number of H-pyrrole nitrogens is 1. The molecule has 0 atom stereocenters. The molecule has 2 aromatic carbocycles. The fourth-order valence-corrected chi connectivity index (χ4v) is 5.95. The molecule has 1 aliphatic heterocycles. The SMILES string of the molecule is Cc1[nH]c2ccccc2c1/C=N\NC(=O)COc1ccc(C2SCCS2)cc1. The van der Waals surface area contributed by atoms with Gasteiger partial charge in [-0.1, -0.05) is 30.3 Å². The predicted octanol–water partition coefficient (Wildman–Crippen LogP) is 4.48. The minimum absolute atomic E-state index is 0.0729. The van der Waals surface area contributed by atoms with E-state index in [9.17, 15) is 4.79 Å². The summed E-state index contributed by atoms with van der Waals surface area (Å²) < 4.78 is 6.08. The number of aryl methyl sites for hydroxylation is 1. The number of thioether (sulfide) groups is 2. The number of ether oxygens (including phenoxy) is 1. The van der Waals surface area contributed by atoms with Gasteiger partial charge in [0.2, 0.25) is 0 Å². The van der Waals surface area contributed by atoms with Crippen molar-refractivity contribution in [1.82, 2.24) is 10.4 Å². The van der Waals surface area contributed by atoms with E-state index in [4.69, 9.17) is 4.74 Å². The van der Waals surface area contributed by atoms with Crippen LogP contribution in [0.3, 0.4) is 0 Å². The van der Waals surface area contributed by atoms with Crippen molar-refractivity contribution in [2.24, 2.45) is 5.10 Å². The monoisotopic (exact) mass is 411 g/mol. The van der Waals surface area contributed by atoms with E-state index in [1.165, 1.54) is 17.1 Å². The zero-order chi connectivity index (χ0) is 19.3. The van der Waals surface area contributed by atoms with E-state index in [1.54, 1.807) is 6.21 Å².